The van der Waals surface area contributed by atoms with Crippen LogP contribution in [-0.4, -0.2) is 18.9 Å². The van der Waals surface area contributed by atoms with Crippen molar-refractivity contribution in [3.8, 4) is 5.75 Å². The molecule has 1 aliphatic heterocycles. The van der Waals surface area contributed by atoms with Crippen LogP contribution < -0.4 is 4.74 Å². The average molecular weight is 276 g/mol. The molecule has 20 heavy (non-hydrogen) atoms. The Kier molecular flexibility index (Phi) is 5.18. The van der Waals surface area contributed by atoms with Gasteiger partial charge in [0.05, 0.1) is 6.61 Å². The lowest BCUT2D eigenvalue weighted by Crippen LogP contribution is -2.24. The second kappa shape index (κ2) is 7.10. The minimum atomic E-state index is -0.374. The van der Waals surface area contributed by atoms with Crippen LogP contribution in [0, 0.1) is 0 Å². The molecule has 108 valence electrons. The lowest BCUT2D eigenvalue weighted by molar-refractivity contribution is -0.140. The first-order valence-corrected chi connectivity index (χ1v) is 6.85. The van der Waals surface area contributed by atoms with E-state index in [9.17, 15) is 4.79 Å². The van der Waals surface area contributed by atoms with Crippen molar-refractivity contribution in [2.24, 2.45) is 0 Å². The van der Waals surface area contributed by atoms with Gasteiger partial charge < -0.3 is 14.2 Å². The molecule has 4 heteroatoms. The highest BCUT2D eigenvalue weighted by Gasteiger charge is 2.15. The van der Waals surface area contributed by atoms with Crippen LogP contribution in [0.15, 0.2) is 36.4 Å². The van der Waals surface area contributed by atoms with Gasteiger partial charge in [-0.15, -0.1) is 0 Å². The molecule has 1 atom stereocenters. The van der Waals surface area contributed by atoms with Gasteiger partial charge in [0, 0.05) is 12.0 Å². The lowest BCUT2D eigenvalue weighted by Gasteiger charge is -2.23. The number of benzene rings is 1. The minimum absolute atomic E-state index is 0.143. The Hall–Kier alpha value is -1.81. The van der Waals surface area contributed by atoms with E-state index >= 15 is 0 Å². The summed E-state index contributed by atoms with van der Waals surface area (Å²) in [5.41, 5.74) is 1.32. The van der Waals surface area contributed by atoms with Gasteiger partial charge in [0.15, 0.2) is 6.29 Å². The Morgan fingerprint density at radius 3 is 2.70 bits per heavy atom. The molecule has 0 spiro atoms. The Morgan fingerprint density at radius 1 is 1.35 bits per heavy atom. The SMILES string of the molecule is C=C(C)C(=O)OCc1ccc(OC2CCCCO2)cc1. The molecule has 0 aromatic heterocycles. The van der Waals surface area contributed by atoms with E-state index in [0.717, 1.165) is 37.2 Å². The quantitative estimate of drug-likeness (QED) is 0.612. The molecule has 0 saturated carbocycles. The molecule has 0 aliphatic carbocycles. The third-order valence-corrected chi connectivity index (χ3v) is 3.05. The molecule has 1 aromatic carbocycles. The molecule has 4 nitrogen and oxygen atoms in total. The summed E-state index contributed by atoms with van der Waals surface area (Å²) in [5.74, 6) is 0.396. The van der Waals surface area contributed by atoms with Crippen molar-refractivity contribution >= 4 is 5.97 Å². The molecular weight excluding hydrogens is 256 g/mol. The molecule has 1 aliphatic rings. The maximum absolute atomic E-state index is 11.3. The van der Waals surface area contributed by atoms with Gasteiger partial charge in [0.2, 0.25) is 0 Å². The Balaban J connectivity index is 1.83. The number of carbonyl (C=O) groups is 1. The van der Waals surface area contributed by atoms with Gasteiger partial charge in [-0.25, -0.2) is 4.79 Å². The molecule has 0 bridgehead atoms. The zero-order valence-electron chi connectivity index (χ0n) is 11.8. The molecule has 1 heterocycles. The fraction of sp³-hybridized carbons (Fsp3) is 0.438. The summed E-state index contributed by atoms with van der Waals surface area (Å²) in [6, 6.07) is 7.48. The molecule has 0 N–H and O–H groups in total. The smallest absolute Gasteiger partial charge is 0.333 e. The van der Waals surface area contributed by atoms with Gasteiger partial charge in [-0.1, -0.05) is 18.7 Å². The highest BCUT2D eigenvalue weighted by Crippen LogP contribution is 2.19. The van der Waals surface area contributed by atoms with E-state index in [-0.39, 0.29) is 18.9 Å². The summed E-state index contributed by atoms with van der Waals surface area (Å²) in [6.07, 6.45) is 3.03. The number of carbonyl (C=O) groups excluding carboxylic acids is 1. The number of hydrogen-bond donors (Lipinski definition) is 0. The zero-order valence-corrected chi connectivity index (χ0v) is 11.8. The average Bonchev–Trinajstić information content (AvgIpc) is 2.47. The highest BCUT2D eigenvalue weighted by molar-refractivity contribution is 5.86. The second-order valence-electron chi connectivity index (χ2n) is 4.91. The summed E-state index contributed by atoms with van der Waals surface area (Å²) < 4.78 is 16.3. The monoisotopic (exact) mass is 276 g/mol. The van der Waals surface area contributed by atoms with Crippen LogP contribution in [0.25, 0.3) is 0 Å². The van der Waals surface area contributed by atoms with E-state index in [0.29, 0.717) is 5.57 Å². The highest BCUT2D eigenvalue weighted by atomic mass is 16.7. The van der Waals surface area contributed by atoms with E-state index in [1.165, 1.54) is 0 Å². The second-order valence-corrected chi connectivity index (χ2v) is 4.91. The number of hydrogen-bond acceptors (Lipinski definition) is 4. The molecular formula is C16H20O4. The van der Waals surface area contributed by atoms with Crippen molar-refractivity contribution in [1.29, 1.82) is 0 Å². The topological polar surface area (TPSA) is 44.8 Å². The van der Waals surface area contributed by atoms with Gasteiger partial charge in [-0.3, -0.25) is 0 Å². The van der Waals surface area contributed by atoms with Crippen molar-refractivity contribution in [3.63, 3.8) is 0 Å². The summed E-state index contributed by atoms with van der Waals surface area (Å²) in [6.45, 7) is 6.17. The molecule has 2 rings (SSSR count). The van der Waals surface area contributed by atoms with E-state index in [1.807, 2.05) is 24.3 Å². The summed E-state index contributed by atoms with van der Waals surface area (Å²) >= 11 is 0. The van der Waals surface area contributed by atoms with E-state index < -0.39 is 0 Å². The number of rotatable bonds is 5. The first-order chi connectivity index (χ1) is 9.65. The first kappa shape index (κ1) is 14.6. The standard InChI is InChI=1S/C16H20O4/c1-12(2)16(17)19-11-13-6-8-14(9-7-13)20-15-5-3-4-10-18-15/h6-9,15H,1,3-5,10-11H2,2H3. The van der Waals surface area contributed by atoms with Crippen molar-refractivity contribution in [2.45, 2.75) is 39.1 Å². The summed E-state index contributed by atoms with van der Waals surface area (Å²) in [7, 11) is 0. The molecule has 0 amide bonds. The van der Waals surface area contributed by atoms with Crippen LogP contribution in [0.2, 0.25) is 0 Å². The Labute approximate surface area is 119 Å². The van der Waals surface area contributed by atoms with Gasteiger partial charge in [-0.2, -0.15) is 0 Å². The van der Waals surface area contributed by atoms with E-state index in [1.54, 1.807) is 6.92 Å². The molecule has 0 radical (unpaired) electrons. The molecule has 1 aromatic rings. The van der Waals surface area contributed by atoms with Crippen LogP contribution in [-0.2, 0) is 20.9 Å². The van der Waals surface area contributed by atoms with Crippen LogP contribution in [0.5, 0.6) is 5.75 Å². The Morgan fingerprint density at radius 2 is 2.10 bits per heavy atom. The minimum Gasteiger partial charge on any atom is -0.465 e. The summed E-state index contributed by atoms with van der Waals surface area (Å²) in [5, 5.41) is 0. The van der Waals surface area contributed by atoms with Crippen molar-refractivity contribution in [2.75, 3.05) is 6.61 Å². The van der Waals surface area contributed by atoms with Gasteiger partial charge in [0.1, 0.15) is 12.4 Å². The van der Waals surface area contributed by atoms with E-state index in [2.05, 4.69) is 6.58 Å². The van der Waals surface area contributed by atoms with Gasteiger partial charge >= 0.3 is 5.97 Å². The maximum Gasteiger partial charge on any atom is 0.333 e. The number of esters is 1. The largest absolute Gasteiger partial charge is 0.465 e. The van der Waals surface area contributed by atoms with Crippen LogP contribution >= 0.6 is 0 Å². The van der Waals surface area contributed by atoms with Crippen molar-refractivity contribution in [3.05, 3.63) is 42.0 Å². The summed E-state index contributed by atoms with van der Waals surface area (Å²) in [4.78, 5) is 11.3. The maximum atomic E-state index is 11.3. The lowest BCUT2D eigenvalue weighted by atomic mass is 10.2. The third-order valence-electron chi connectivity index (χ3n) is 3.05. The van der Waals surface area contributed by atoms with Crippen molar-refractivity contribution < 1.29 is 19.0 Å². The van der Waals surface area contributed by atoms with Gasteiger partial charge in [-0.05, 0) is 37.5 Å². The molecule has 1 saturated heterocycles. The third kappa shape index (κ3) is 4.38. The fourth-order valence-electron chi connectivity index (χ4n) is 1.89. The van der Waals surface area contributed by atoms with Crippen LogP contribution in [0.1, 0.15) is 31.7 Å². The predicted octanol–water partition coefficient (Wildman–Crippen LogP) is 3.21. The normalized spacial score (nSPS) is 18.4. The molecule has 1 fully saturated rings. The number of ether oxygens (including phenoxy) is 3. The van der Waals surface area contributed by atoms with E-state index in [4.69, 9.17) is 14.2 Å². The van der Waals surface area contributed by atoms with Crippen molar-refractivity contribution in [1.82, 2.24) is 0 Å². The zero-order chi connectivity index (χ0) is 14.4. The van der Waals surface area contributed by atoms with Crippen LogP contribution in [0.4, 0.5) is 0 Å². The van der Waals surface area contributed by atoms with Gasteiger partial charge in [0.25, 0.3) is 0 Å². The fourth-order valence-corrected chi connectivity index (χ4v) is 1.89. The van der Waals surface area contributed by atoms with Crippen LogP contribution in [0.3, 0.4) is 0 Å². The molecule has 1 unspecified atom stereocenters. The first-order valence-electron chi connectivity index (χ1n) is 6.85. The Bertz CT molecular complexity index is 458. The predicted molar refractivity (Wildman–Crippen MR) is 75.3 cm³/mol.